The van der Waals surface area contributed by atoms with Gasteiger partial charge in [-0.2, -0.15) is 0 Å². The van der Waals surface area contributed by atoms with Crippen molar-refractivity contribution in [2.45, 2.75) is 12.5 Å². The van der Waals surface area contributed by atoms with Gasteiger partial charge in [0.1, 0.15) is 5.82 Å². The lowest BCUT2D eigenvalue weighted by Gasteiger charge is -2.16. The Bertz CT molecular complexity index is 397. The number of nitrogens with one attached hydrogen (secondary N) is 1. The predicted octanol–water partition coefficient (Wildman–Crippen LogP) is 0.655. The zero-order valence-corrected chi connectivity index (χ0v) is 9.11. The van der Waals surface area contributed by atoms with E-state index >= 15 is 0 Å². The molecule has 4 nitrogen and oxygen atoms in total. The van der Waals surface area contributed by atoms with E-state index < -0.39 is 5.82 Å². The third-order valence-electron chi connectivity index (χ3n) is 2.84. The molecule has 0 bridgehead atoms. The highest BCUT2D eigenvalue weighted by Gasteiger charge is 2.26. The van der Waals surface area contributed by atoms with Crippen LogP contribution in [0.1, 0.15) is 16.8 Å². The van der Waals surface area contributed by atoms with Crippen LogP contribution in [0.15, 0.2) is 18.5 Å². The quantitative estimate of drug-likeness (QED) is 0.801. The summed E-state index contributed by atoms with van der Waals surface area (Å²) in [5, 5.41) is 3.13. The van der Waals surface area contributed by atoms with E-state index in [1.165, 1.54) is 12.3 Å². The number of carbonyl (C=O) groups is 1. The second-order valence-electron chi connectivity index (χ2n) is 3.92. The number of nitrogens with zero attached hydrogens (tertiary/aromatic N) is 2. The van der Waals surface area contributed by atoms with Crippen molar-refractivity contribution in [3.05, 3.63) is 29.8 Å². The summed E-state index contributed by atoms with van der Waals surface area (Å²) in [6, 6.07) is 1.56. The molecular formula is C11H14FN3O. The summed E-state index contributed by atoms with van der Waals surface area (Å²) in [5.74, 6) is -0.625. The maximum atomic E-state index is 12.9. The number of carbonyl (C=O) groups excluding carboxylic acids is 1. The molecule has 1 amide bonds. The molecule has 0 saturated carbocycles. The lowest BCUT2D eigenvalue weighted by Crippen LogP contribution is -2.33. The molecule has 1 aliphatic rings. The molecule has 1 saturated heterocycles. The summed E-state index contributed by atoms with van der Waals surface area (Å²) in [5.41, 5.74) is 0.316. The fraction of sp³-hybridized carbons (Fsp3) is 0.455. The first-order valence-corrected chi connectivity index (χ1v) is 5.28. The molecule has 1 aromatic rings. The molecule has 2 rings (SSSR count). The Morgan fingerprint density at radius 1 is 1.62 bits per heavy atom. The molecule has 1 atom stereocenters. The number of likely N-dealkylation sites (tertiary alicyclic amines) is 1. The van der Waals surface area contributed by atoms with Crippen molar-refractivity contribution >= 4 is 5.91 Å². The first kappa shape index (κ1) is 11.0. The number of likely N-dealkylation sites (N-methyl/N-ethyl adjacent to an activating group) is 1. The second kappa shape index (κ2) is 4.57. The molecule has 2 heterocycles. The number of halogens is 1. The van der Waals surface area contributed by atoms with Crippen molar-refractivity contribution in [1.29, 1.82) is 0 Å². The van der Waals surface area contributed by atoms with Gasteiger partial charge in [0.2, 0.25) is 0 Å². The number of aromatic nitrogens is 1. The van der Waals surface area contributed by atoms with Crippen LogP contribution >= 0.6 is 0 Å². The Kier molecular flexibility index (Phi) is 3.14. The van der Waals surface area contributed by atoms with E-state index in [0.717, 1.165) is 12.6 Å². The summed E-state index contributed by atoms with van der Waals surface area (Å²) >= 11 is 0. The Balaban J connectivity index is 2.08. The number of hydrogen-bond acceptors (Lipinski definition) is 3. The lowest BCUT2D eigenvalue weighted by molar-refractivity contribution is 0.0788. The van der Waals surface area contributed by atoms with Gasteiger partial charge in [-0.15, -0.1) is 0 Å². The van der Waals surface area contributed by atoms with Crippen LogP contribution in [-0.2, 0) is 0 Å². The van der Waals surface area contributed by atoms with E-state index in [-0.39, 0.29) is 5.91 Å². The van der Waals surface area contributed by atoms with E-state index in [4.69, 9.17) is 0 Å². The van der Waals surface area contributed by atoms with Gasteiger partial charge in [0.25, 0.3) is 5.91 Å². The normalized spacial score (nSPS) is 20.1. The number of rotatable bonds is 2. The van der Waals surface area contributed by atoms with Gasteiger partial charge in [-0.05, 0) is 19.5 Å². The average Bonchev–Trinajstić information content (AvgIpc) is 2.76. The van der Waals surface area contributed by atoms with Crippen molar-refractivity contribution in [1.82, 2.24) is 15.2 Å². The summed E-state index contributed by atoms with van der Waals surface area (Å²) in [4.78, 5) is 17.3. The Morgan fingerprint density at radius 2 is 2.44 bits per heavy atom. The number of amides is 1. The van der Waals surface area contributed by atoms with Gasteiger partial charge in [-0.1, -0.05) is 0 Å². The highest BCUT2D eigenvalue weighted by Crippen LogP contribution is 2.13. The summed E-state index contributed by atoms with van der Waals surface area (Å²) in [6.45, 7) is 1.38. The van der Waals surface area contributed by atoms with Crippen molar-refractivity contribution in [3.63, 3.8) is 0 Å². The highest BCUT2D eigenvalue weighted by molar-refractivity contribution is 5.94. The monoisotopic (exact) mass is 223 g/mol. The fourth-order valence-electron chi connectivity index (χ4n) is 1.89. The summed E-state index contributed by atoms with van der Waals surface area (Å²) in [6.07, 6.45) is 3.43. The SMILES string of the molecule is CNC1CCN(C(=O)c2cncc(F)c2)C1. The van der Waals surface area contributed by atoms with Crippen LogP contribution in [0.2, 0.25) is 0 Å². The zero-order valence-electron chi connectivity index (χ0n) is 9.11. The molecule has 1 aliphatic heterocycles. The molecular weight excluding hydrogens is 209 g/mol. The van der Waals surface area contributed by atoms with Crippen LogP contribution in [0.25, 0.3) is 0 Å². The van der Waals surface area contributed by atoms with Gasteiger partial charge < -0.3 is 10.2 Å². The number of pyridine rings is 1. The van der Waals surface area contributed by atoms with E-state index in [9.17, 15) is 9.18 Å². The van der Waals surface area contributed by atoms with E-state index in [1.54, 1.807) is 4.90 Å². The second-order valence-corrected chi connectivity index (χ2v) is 3.92. The van der Waals surface area contributed by atoms with Crippen LogP contribution in [-0.4, -0.2) is 42.0 Å². The summed E-state index contributed by atoms with van der Waals surface area (Å²) in [7, 11) is 1.88. The molecule has 1 aromatic heterocycles. The molecule has 86 valence electrons. The molecule has 0 aliphatic carbocycles. The fourth-order valence-corrected chi connectivity index (χ4v) is 1.89. The largest absolute Gasteiger partial charge is 0.337 e. The standard InChI is InChI=1S/C11H14FN3O/c1-13-10-2-3-15(7-10)11(16)8-4-9(12)6-14-5-8/h4-6,10,13H,2-3,7H2,1H3. The smallest absolute Gasteiger partial charge is 0.255 e. The van der Waals surface area contributed by atoms with Crippen LogP contribution in [0.4, 0.5) is 4.39 Å². The predicted molar refractivity (Wildman–Crippen MR) is 57.6 cm³/mol. The molecule has 16 heavy (non-hydrogen) atoms. The van der Waals surface area contributed by atoms with Gasteiger partial charge in [0, 0.05) is 25.3 Å². The Morgan fingerprint density at radius 3 is 3.06 bits per heavy atom. The highest BCUT2D eigenvalue weighted by atomic mass is 19.1. The van der Waals surface area contributed by atoms with Crippen LogP contribution in [0, 0.1) is 5.82 Å². The minimum atomic E-state index is -0.477. The third kappa shape index (κ3) is 2.19. The van der Waals surface area contributed by atoms with E-state index in [0.29, 0.717) is 24.7 Å². The number of hydrogen-bond donors (Lipinski definition) is 1. The van der Waals surface area contributed by atoms with Gasteiger partial charge in [0.15, 0.2) is 0 Å². The maximum Gasteiger partial charge on any atom is 0.255 e. The topological polar surface area (TPSA) is 45.2 Å². The van der Waals surface area contributed by atoms with Gasteiger partial charge in [-0.25, -0.2) is 4.39 Å². The molecule has 5 heteroatoms. The van der Waals surface area contributed by atoms with Crippen molar-refractivity contribution < 1.29 is 9.18 Å². The Labute approximate surface area is 93.5 Å². The average molecular weight is 223 g/mol. The summed E-state index contributed by atoms with van der Waals surface area (Å²) < 4.78 is 12.9. The molecule has 1 N–H and O–H groups in total. The minimum absolute atomic E-state index is 0.148. The van der Waals surface area contributed by atoms with E-state index in [2.05, 4.69) is 10.3 Å². The van der Waals surface area contributed by atoms with Crippen LogP contribution in [0.5, 0.6) is 0 Å². The first-order valence-electron chi connectivity index (χ1n) is 5.28. The van der Waals surface area contributed by atoms with Crippen LogP contribution in [0.3, 0.4) is 0 Å². The van der Waals surface area contributed by atoms with E-state index in [1.807, 2.05) is 7.05 Å². The van der Waals surface area contributed by atoms with Gasteiger partial charge in [-0.3, -0.25) is 9.78 Å². The molecule has 1 fully saturated rings. The Hall–Kier alpha value is -1.49. The van der Waals surface area contributed by atoms with Gasteiger partial charge in [0.05, 0.1) is 11.8 Å². The molecule has 0 radical (unpaired) electrons. The first-order chi connectivity index (χ1) is 7.70. The minimum Gasteiger partial charge on any atom is -0.337 e. The molecule has 1 unspecified atom stereocenters. The maximum absolute atomic E-state index is 12.9. The lowest BCUT2D eigenvalue weighted by atomic mass is 10.2. The van der Waals surface area contributed by atoms with Crippen LogP contribution < -0.4 is 5.32 Å². The van der Waals surface area contributed by atoms with Crippen molar-refractivity contribution in [2.24, 2.45) is 0 Å². The van der Waals surface area contributed by atoms with Crippen molar-refractivity contribution in [2.75, 3.05) is 20.1 Å². The van der Waals surface area contributed by atoms with Gasteiger partial charge >= 0.3 is 0 Å². The zero-order chi connectivity index (χ0) is 11.5. The molecule has 0 spiro atoms. The molecule has 0 aromatic carbocycles. The third-order valence-corrected chi connectivity index (χ3v) is 2.84. The van der Waals surface area contributed by atoms with Crippen molar-refractivity contribution in [3.8, 4) is 0 Å².